The van der Waals surface area contributed by atoms with Crippen LogP contribution in [0.4, 0.5) is 11.9 Å². The molecule has 1 aliphatic heterocycles. The van der Waals surface area contributed by atoms with Gasteiger partial charge in [-0.3, -0.25) is 14.9 Å². The molecule has 18 heavy (non-hydrogen) atoms. The molecule has 2 heterocycles. The number of nitrogens with one attached hydrogen (secondary N) is 1. The van der Waals surface area contributed by atoms with Gasteiger partial charge in [-0.25, -0.2) is 0 Å². The van der Waals surface area contributed by atoms with Crippen molar-refractivity contribution in [1.29, 1.82) is 0 Å². The maximum Gasteiger partial charge on any atom is 0.249 e. The van der Waals surface area contributed by atoms with Crippen LogP contribution in [0.1, 0.15) is 13.3 Å². The minimum Gasteiger partial charge on any atom is -0.368 e. The lowest BCUT2D eigenvalue weighted by Crippen LogP contribution is -2.58. The number of hydrogen-bond donors (Lipinski definition) is 2. The zero-order valence-electron chi connectivity index (χ0n) is 9.55. The van der Waals surface area contributed by atoms with E-state index in [4.69, 9.17) is 17.3 Å². The van der Waals surface area contributed by atoms with Gasteiger partial charge in [-0.05, 0) is 18.0 Å². The summed E-state index contributed by atoms with van der Waals surface area (Å²) < 4.78 is 0. The third-order valence-electron chi connectivity index (χ3n) is 2.51. The Morgan fingerprint density at radius 3 is 2.78 bits per heavy atom. The van der Waals surface area contributed by atoms with Crippen molar-refractivity contribution in [3.63, 3.8) is 0 Å². The number of nitrogens with two attached hydrogens (primary N) is 1. The summed E-state index contributed by atoms with van der Waals surface area (Å²) in [5.41, 5.74) is 5.46. The van der Waals surface area contributed by atoms with E-state index in [2.05, 4.69) is 20.3 Å². The fourth-order valence-electron chi connectivity index (χ4n) is 1.77. The molecule has 1 aromatic rings. The lowest BCUT2D eigenvalue weighted by Gasteiger charge is -2.33. The van der Waals surface area contributed by atoms with Gasteiger partial charge in [0.2, 0.25) is 29.0 Å². The lowest BCUT2D eigenvalue weighted by molar-refractivity contribution is -0.133. The first-order valence-electron chi connectivity index (χ1n) is 5.28. The average molecular weight is 271 g/mol. The highest BCUT2D eigenvalue weighted by atomic mass is 35.5. The maximum atomic E-state index is 11.7. The predicted molar refractivity (Wildman–Crippen MR) is 63.8 cm³/mol. The lowest BCUT2D eigenvalue weighted by atomic mass is 10.1. The predicted octanol–water partition coefficient (Wildman–Crippen LogP) is -0.651. The van der Waals surface area contributed by atoms with Crippen LogP contribution in [0.15, 0.2) is 0 Å². The van der Waals surface area contributed by atoms with E-state index in [1.54, 1.807) is 0 Å². The first-order valence-corrected chi connectivity index (χ1v) is 5.66. The molecule has 0 spiro atoms. The average Bonchev–Trinajstić information content (AvgIpc) is 2.26. The number of rotatable bonds is 2. The molecule has 0 aliphatic carbocycles. The Bertz CT molecular complexity index is 488. The van der Waals surface area contributed by atoms with Crippen LogP contribution in [0.5, 0.6) is 0 Å². The van der Waals surface area contributed by atoms with E-state index in [1.807, 2.05) is 6.92 Å². The van der Waals surface area contributed by atoms with Gasteiger partial charge in [-0.1, -0.05) is 6.92 Å². The molecular weight excluding hydrogens is 260 g/mol. The molecule has 96 valence electrons. The Labute approximate surface area is 108 Å². The molecule has 8 nitrogen and oxygen atoms in total. The molecule has 1 atom stereocenters. The molecule has 1 fully saturated rings. The van der Waals surface area contributed by atoms with Gasteiger partial charge in [0.05, 0.1) is 0 Å². The van der Waals surface area contributed by atoms with Crippen LogP contribution in [0.3, 0.4) is 0 Å². The minimum absolute atomic E-state index is 0.0238. The van der Waals surface area contributed by atoms with Gasteiger partial charge >= 0.3 is 0 Å². The second-order valence-electron chi connectivity index (χ2n) is 3.73. The molecular formula is C9H11ClN6O2. The van der Waals surface area contributed by atoms with Crippen LogP contribution >= 0.6 is 11.6 Å². The summed E-state index contributed by atoms with van der Waals surface area (Å²) in [4.78, 5) is 35.9. The molecule has 1 unspecified atom stereocenters. The number of carbonyl (C=O) groups excluding carboxylic acids is 2. The number of halogens is 1. The van der Waals surface area contributed by atoms with Gasteiger partial charge in [-0.15, -0.1) is 0 Å². The number of imide groups is 1. The van der Waals surface area contributed by atoms with Crippen molar-refractivity contribution in [3.8, 4) is 0 Å². The normalized spacial score (nSPS) is 19.9. The monoisotopic (exact) mass is 270 g/mol. The molecule has 1 saturated heterocycles. The molecule has 9 heteroatoms. The van der Waals surface area contributed by atoms with E-state index in [-0.39, 0.29) is 29.6 Å². The summed E-state index contributed by atoms with van der Waals surface area (Å²) in [6.45, 7) is 1.79. The van der Waals surface area contributed by atoms with Gasteiger partial charge in [0.1, 0.15) is 12.6 Å². The molecule has 0 saturated carbocycles. The van der Waals surface area contributed by atoms with Gasteiger partial charge in [0.15, 0.2) is 0 Å². The largest absolute Gasteiger partial charge is 0.368 e. The molecule has 0 radical (unpaired) electrons. The smallest absolute Gasteiger partial charge is 0.249 e. The topological polar surface area (TPSA) is 114 Å². The van der Waals surface area contributed by atoms with Gasteiger partial charge in [0, 0.05) is 0 Å². The third-order valence-corrected chi connectivity index (χ3v) is 2.68. The quantitative estimate of drug-likeness (QED) is 0.686. The third kappa shape index (κ3) is 2.33. The highest BCUT2D eigenvalue weighted by molar-refractivity contribution is 6.28. The van der Waals surface area contributed by atoms with Crippen LogP contribution < -0.4 is 16.0 Å². The van der Waals surface area contributed by atoms with Gasteiger partial charge < -0.3 is 10.6 Å². The number of nitrogen functional groups attached to an aromatic ring is 1. The summed E-state index contributed by atoms with van der Waals surface area (Å²) in [6.07, 6.45) is 0.502. The number of aromatic nitrogens is 3. The zero-order valence-corrected chi connectivity index (χ0v) is 10.3. The highest BCUT2D eigenvalue weighted by Crippen LogP contribution is 2.18. The van der Waals surface area contributed by atoms with E-state index in [1.165, 1.54) is 4.90 Å². The fraction of sp³-hybridized carbons (Fsp3) is 0.444. The van der Waals surface area contributed by atoms with Crippen molar-refractivity contribution >= 4 is 35.3 Å². The second kappa shape index (κ2) is 4.73. The van der Waals surface area contributed by atoms with Crippen molar-refractivity contribution in [2.45, 2.75) is 19.4 Å². The summed E-state index contributed by atoms with van der Waals surface area (Å²) in [6, 6.07) is -0.527. The van der Waals surface area contributed by atoms with Crippen molar-refractivity contribution in [2.24, 2.45) is 0 Å². The molecule has 0 aromatic carbocycles. The molecule has 2 amide bonds. The summed E-state index contributed by atoms with van der Waals surface area (Å²) in [5.74, 6) is -0.732. The van der Waals surface area contributed by atoms with Crippen LogP contribution in [0.2, 0.25) is 5.28 Å². The SMILES string of the molecule is CCC1C(=O)NC(=O)CN1c1nc(N)nc(Cl)n1. The Kier molecular flexibility index (Phi) is 3.28. The Hall–Kier alpha value is -1.96. The minimum atomic E-state index is -0.527. The fourth-order valence-corrected chi connectivity index (χ4v) is 1.93. The molecule has 3 N–H and O–H groups in total. The number of piperazine rings is 1. The first kappa shape index (κ1) is 12.5. The van der Waals surface area contributed by atoms with Crippen LogP contribution in [0, 0.1) is 0 Å². The Balaban J connectivity index is 2.39. The zero-order chi connectivity index (χ0) is 13.3. The van der Waals surface area contributed by atoms with Crippen molar-refractivity contribution in [2.75, 3.05) is 17.2 Å². The summed E-state index contributed by atoms with van der Waals surface area (Å²) in [7, 11) is 0. The Morgan fingerprint density at radius 1 is 1.44 bits per heavy atom. The number of carbonyl (C=O) groups is 2. The molecule has 0 bridgehead atoms. The van der Waals surface area contributed by atoms with Crippen LogP contribution in [0.25, 0.3) is 0 Å². The van der Waals surface area contributed by atoms with E-state index in [0.29, 0.717) is 6.42 Å². The van der Waals surface area contributed by atoms with Crippen molar-refractivity contribution in [1.82, 2.24) is 20.3 Å². The van der Waals surface area contributed by atoms with Gasteiger partial charge in [0.25, 0.3) is 0 Å². The maximum absolute atomic E-state index is 11.7. The number of amides is 2. The van der Waals surface area contributed by atoms with Crippen LogP contribution in [-0.4, -0.2) is 39.4 Å². The summed E-state index contributed by atoms with van der Waals surface area (Å²) in [5, 5.41) is 2.18. The number of hydrogen-bond acceptors (Lipinski definition) is 7. The number of anilines is 2. The van der Waals surface area contributed by atoms with Crippen molar-refractivity contribution in [3.05, 3.63) is 5.28 Å². The summed E-state index contributed by atoms with van der Waals surface area (Å²) >= 11 is 5.68. The van der Waals surface area contributed by atoms with Crippen LogP contribution in [-0.2, 0) is 9.59 Å². The van der Waals surface area contributed by atoms with E-state index >= 15 is 0 Å². The first-order chi connectivity index (χ1) is 8.51. The highest BCUT2D eigenvalue weighted by Gasteiger charge is 2.34. The van der Waals surface area contributed by atoms with E-state index in [9.17, 15) is 9.59 Å². The number of nitrogens with zero attached hydrogens (tertiary/aromatic N) is 4. The molecule has 2 rings (SSSR count). The standard InChI is InChI=1S/C9H11ClN6O2/c1-2-4-6(18)12-5(17)3-16(4)9-14-7(10)13-8(11)15-9/h4H,2-3H2,1H3,(H,12,17,18)(H2,11,13,14,15). The van der Waals surface area contributed by atoms with Crippen molar-refractivity contribution < 1.29 is 9.59 Å². The second-order valence-corrected chi connectivity index (χ2v) is 4.07. The van der Waals surface area contributed by atoms with Gasteiger partial charge in [-0.2, -0.15) is 15.0 Å². The van der Waals surface area contributed by atoms with E-state index in [0.717, 1.165) is 0 Å². The molecule has 1 aliphatic rings. The Morgan fingerprint density at radius 2 is 2.17 bits per heavy atom. The molecule has 1 aromatic heterocycles. The van der Waals surface area contributed by atoms with E-state index < -0.39 is 11.9 Å².